The average molecular weight is 506 g/mol. The number of benzene rings is 2. The van der Waals surface area contributed by atoms with Gasteiger partial charge in [0.05, 0.1) is 11.9 Å². The molecule has 5 rings (SSSR count). The SMILES string of the molecule is Nc1ncc(-c2ccc(CCC3CCOCC3)cc2)nc1-c1cc(-c2ccc(CNCF)cc2F)no1. The number of nitrogens with one attached hydrogen (secondary N) is 1. The fourth-order valence-corrected chi connectivity index (χ4v) is 4.55. The van der Waals surface area contributed by atoms with Crippen LogP contribution in [0.4, 0.5) is 14.6 Å². The molecule has 0 radical (unpaired) electrons. The van der Waals surface area contributed by atoms with Crippen molar-refractivity contribution in [3.05, 3.63) is 71.7 Å². The van der Waals surface area contributed by atoms with Crippen LogP contribution in [0.2, 0.25) is 0 Å². The third-order valence-electron chi connectivity index (χ3n) is 6.71. The number of aryl methyl sites for hydroxylation is 1. The first kappa shape index (κ1) is 25.0. The number of hydrogen-bond acceptors (Lipinski definition) is 7. The highest BCUT2D eigenvalue weighted by Crippen LogP contribution is 2.31. The van der Waals surface area contributed by atoms with Crippen molar-refractivity contribution < 1.29 is 18.0 Å². The highest BCUT2D eigenvalue weighted by Gasteiger charge is 2.18. The Morgan fingerprint density at radius 1 is 1.00 bits per heavy atom. The fourth-order valence-electron chi connectivity index (χ4n) is 4.55. The zero-order chi connectivity index (χ0) is 25.6. The topological polar surface area (TPSA) is 99.1 Å². The molecule has 4 aromatic rings. The molecule has 0 spiro atoms. The molecule has 7 nitrogen and oxygen atoms in total. The van der Waals surface area contributed by atoms with E-state index in [4.69, 9.17) is 15.0 Å². The van der Waals surface area contributed by atoms with E-state index in [2.05, 4.69) is 32.6 Å². The minimum absolute atomic E-state index is 0.188. The second-order valence-corrected chi connectivity index (χ2v) is 9.23. The first-order chi connectivity index (χ1) is 18.1. The first-order valence-electron chi connectivity index (χ1n) is 12.4. The number of anilines is 1. The van der Waals surface area contributed by atoms with Gasteiger partial charge in [-0.2, -0.15) is 0 Å². The summed E-state index contributed by atoms with van der Waals surface area (Å²) in [4.78, 5) is 8.96. The summed E-state index contributed by atoms with van der Waals surface area (Å²) in [6.45, 7) is 1.29. The molecule has 1 aliphatic rings. The molecule has 9 heteroatoms. The van der Waals surface area contributed by atoms with Crippen LogP contribution in [0.5, 0.6) is 0 Å². The van der Waals surface area contributed by atoms with Crippen LogP contribution in [-0.2, 0) is 17.7 Å². The lowest BCUT2D eigenvalue weighted by Gasteiger charge is -2.21. The first-order valence-corrected chi connectivity index (χ1v) is 12.4. The van der Waals surface area contributed by atoms with Crippen molar-refractivity contribution in [2.75, 3.05) is 25.7 Å². The predicted octanol–water partition coefficient (Wildman–Crippen LogP) is 5.56. The van der Waals surface area contributed by atoms with Crippen LogP contribution in [0.3, 0.4) is 0 Å². The van der Waals surface area contributed by atoms with Gasteiger partial charge in [0.25, 0.3) is 0 Å². The van der Waals surface area contributed by atoms with E-state index >= 15 is 0 Å². The Hall–Kier alpha value is -3.69. The molecule has 2 aromatic carbocycles. The van der Waals surface area contributed by atoms with Gasteiger partial charge < -0.3 is 15.0 Å². The van der Waals surface area contributed by atoms with E-state index in [9.17, 15) is 8.78 Å². The highest BCUT2D eigenvalue weighted by molar-refractivity contribution is 5.73. The second-order valence-electron chi connectivity index (χ2n) is 9.23. The summed E-state index contributed by atoms with van der Waals surface area (Å²) in [5.41, 5.74) is 10.5. The minimum Gasteiger partial charge on any atom is -0.382 e. The van der Waals surface area contributed by atoms with Gasteiger partial charge in [-0.3, -0.25) is 5.32 Å². The van der Waals surface area contributed by atoms with Gasteiger partial charge in [0.2, 0.25) is 0 Å². The van der Waals surface area contributed by atoms with Crippen molar-refractivity contribution >= 4 is 5.82 Å². The number of hydrogen-bond donors (Lipinski definition) is 2. The van der Waals surface area contributed by atoms with Gasteiger partial charge in [-0.15, -0.1) is 0 Å². The van der Waals surface area contributed by atoms with Crippen LogP contribution in [0.1, 0.15) is 30.4 Å². The van der Waals surface area contributed by atoms with Crippen molar-refractivity contribution in [3.8, 4) is 34.0 Å². The number of nitrogens with zero attached hydrogens (tertiary/aromatic N) is 3. The molecule has 0 bridgehead atoms. The second kappa shape index (κ2) is 11.6. The molecule has 0 atom stereocenters. The molecule has 3 heterocycles. The smallest absolute Gasteiger partial charge is 0.189 e. The molecule has 37 heavy (non-hydrogen) atoms. The normalized spacial score (nSPS) is 14.2. The summed E-state index contributed by atoms with van der Waals surface area (Å²) in [7, 11) is 0. The van der Waals surface area contributed by atoms with Gasteiger partial charge in [-0.1, -0.05) is 35.5 Å². The van der Waals surface area contributed by atoms with Crippen molar-refractivity contribution in [1.29, 1.82) is 0 Å². The maximum absolute atomic E-state index is 14.7. The van der Waals surface area contributed by atoms with E-state index in [1.165, 1.54) is 18.1 Å². The van der Waals surface area contributed by atoms with Gasteiger partial charge in [-0.25, -0.2) is 18.7 Å². The molecule has 3 N–H and O–H groups in total. The van der Waals surface area contributed by atoms with Crippen LogP contribution >= 0.6 is 0 Å². The van der Waals surface area contributed by atoms with Crippen molar-refractivity contribution in [2.24, 2.45) is 5.92 Å². The lowest BCUT2D eigenvalue weighted by Crippen LogP contribution is -2.16. The van der Waals surface area contributed by atoms with Crippen molar-refractivity contribution in [3.63, 3.8) is 0 Å². The van der Waals surface area contributed by atoms with E-state index in [0.717, 1.165) is 44.0 Å². The monoisotopic (exact) mass is 505 g/mol. The van der Waals surface area contributed by atoms with E-state index in [-0.39, 0.29) is 23.7 Å². The quantitative estimate of drug-likeness (QED) is 0.287. The van der Waals surface area contributed by atoms with Gasteiger partial charge in [-0.05, 0) is 54.9 Å². The Balaban J connectivity index is 1.31. The Kier molecular flexibility index (Phi) is 7.82. The van der Waals surface area contributed by atoms with Gasteiger partial charge >= 0.3 is 0 Å². The summed E-state index contributed by atoms with van der Waals surface area (Å²) < 4.78 is 37.9. The number of halogens is 2. The van der Waals surface area contributed by atoms with E-state index in [1.54, 1.807) is 24.4 Å². The molecule has 192 valence electrons. The number of aromatic nitrogens is 3. The standard InChI is InChI=1S/C28H29F2N5O2/c29-17-32-15-20-5-8-22(23(30)13-20)24-14-26(37-35-24)27-28(31)33-16-25(34-27)21-6-3-18(4-7-21)1-2-19-9-11-36-12-10-19/h3-8,13-14,16,19,32H,1-2,9-12,15,17H2,(H2,31,33). The Bertz CT molecular complexity index is 1340. The number of alkyl halides is 1. The minimum atomic E-state index is -0.682. The summed E-state index contributed by atoms with van der Waals surface area (Å²) in [6.07, 6.45) is 6.10. The number of rotatable bonds is 9. The van der Waals surface area contributed by atoms with Crippen LogP contribution in [-0.4, -0.2) is 35.1 Å². The van der Waals surface area contributed by atoms with Crippen molar-refractivity contribution in [1.82, 2.24) is 20.4 Å². The predicted molar refractivity (Wildman–Crippen MR) is 137 cm³/mol. The Morgan fingerprint density at radius 2 is 1.78 bits per heavy atom. The number of nitrogens with two attached hydrogens (primary N) is 1. The molecule has 0 unspecified atom stereocenters. The zero-order valence-corrected chi connectivity index (χ0v) is 20.4. The molecule has 0 amide bonds. The fraction of sp³-hybridized carbons (Fsp3) is 0.321. The van der Waals surface area contributed by atoms with Crippen molar-refractivity contribution in [2.45, 2.75) is 32.2 Å². The van der Waals surface area contributed by atoms with Crippen LogP contribution < -0.4 is 11.1 Å². The third kappa shape index (κ3) is 6.00. The number of nitrogen functional groups attached to an aromatic ring is 1. The van der Waals surface area contributed by atoms with Gasteiger partial charge in [0.1, 0.15) is 18.3 Å². The molecule has 1 saturated heterocycles. The lowest BCUT2D eigenvalue weighted by atomic mass is 9.92. The maximum Gasteiger partial charge on any atom is 0.189 e. The molecule has 1 fully saturated rings. The Labute approximate surface area is 214 Å². The van der Waals surface area contributed by atoms with Gasteiger partial charge in [0, 0.05) is 37.0 Å². The zero-order valence-electron chi connectivity index (χ0n) is 20.4. The lowest BCUT2D eigenvalue weighted by molar-refractivity contribution is 0.0640. The summed E-state index contributed by atoms with van der Waals surface area (Å²) in [5.74, 6) is 0.725. The summed E-state index contributed by atoms with van der Waals surface area (Å²) in [6, 6.07) is 14.5. The number of ether oxygens (including phenoxy) is 1. The molecule has 2 aromatic heterocycles. The third-order valence-corrected chi connectivity index (χ3v) is 6.71. The summed E-state index contributed by atoms with van der Waals surface area (Å²) in [5, 5.41) is 6.53. The van der Waals surface area contributed by atoms with E-state index in [0.29, 0.717) is 22.6 Å². The average Bonchev–Trinajstić information content (AvgIpc) is 3.42. The molecule has 1 aliphatic heterocycles. The highest BCUT2D eigenvalue weighted by atomic mass is 19.1. The molecule has 0 saturated carbocycles. The molecular formula is C28H29F2N5O2. The van der Waals surface area contributed by atoms with Crippen LogP contribution in [0.15, 0.2) is 59.3 Å². The summed E-state index contributed by atoms with van der Waals surface area (Å²) >= 11 is 0. The van der Waals surface area contributed by atoms with E-state index < -0.39 is 12.6 Å². The maximum atomic E-state index is 14.7. The molecular weight excluding hydrogens is 476 g/mol. The largest absolute Gasteiger partial charge is 0.382 e. The molecule has 0 aliphatic carbocycles. The Morgan fingerprint density at radius 3 is 2.54 bits per heavy atom. The van der Waals surface area contributed by atoms with Gasteiger partial charge in [0.15, 0.2) is 17.3 Å². The van der Waals surface area contributed by atoms with Crippen LogP contribution in [0.25, 0.3) is 34.0 Å². The van der Waals surface area contributed by atoms with E-state index in [1.807, 2.05) is 12.1 Å². The van der Waals surface area contributed by atoms with Crippen LogP contribution in [0, 0.1) is 11.7 Å².